The molecule has 5 rings (SSSR count). The fourth-order valence-corrected chi connectivity index (χ4v) is 4.57. The molecule has 0 atom stereocenters. The van der Waals surface area contributed by atoms with Gasteiger partial charge >= 0.3 is 5.97 Å². The molecule has 1 saturated heterocycles. The number of nitrogens with zero attached hydrogens (tertiary/aromatic N) is 4. The number of rotatable bonds is 6. The van der Waals surface area contributed by atoms with Crippen molar-refractivity contribution in [3.05, 3.63) is 102 Å². The predicted octanol–water partition coefficient (Wildman–Crippen LogP) is 5.10. The highest BCUT2D eigenvalue weighted by atomic mass is 19.1. The fraction of sp³-hybridized carbons (Fsp3) is 0.207. The van der Waals surface area contributed by atoms with Gasteiger partial charge in [0.05, 0.1) is 18.0 Å². The van der Waals surface area contributed by atoms with E-state index in [9.17, 15) is 22.8 Å². The van der Waals surface area contributed by atoms with Gasteiger partial charge in [-0.3, -0.25) is 4.79 Å². The van der Waals surface area contributed by atoms with Gasteiger partial charge in [0, 0.05) is 37.4 Å². The molecule has 0 unspecified atom stereocenters. The summed E-state index contributed by atoms with van der Waals surface area (Å²) in [7, 11) is 0. The average molecular weight is 535 g/mol. The maximum atomic E-state index is 14.1. The molecule has 200 valence electrons. The monoisotopic (exact) mass is 534 g/mol. The summed E-state index contributed by atoms with van der Waals surface area (Å²) < 4.78 is 48.7. The Morgan fingerprint density at radius 3 is 2.15 bits per heavy atom. The van der Waals surface area contributed by atoms with E-state index in [4.69, 9.17) is 4.74 Å². The lowest BCUT2D eigenvalue weighted by atomic mass is 10.1. The average Bonchev–Trinajstić information content (AvgIpc) is 3.39. The summed E-state index contributed by atoms with van der Waals surface area (Å²) in [5.74, 6) is -3.42. The molecule has 0 N–H and O–H groups in total. The standard InChI is InChI=1S/C29H25F3N4O3/c1-2-39-29(38)25-18-26(36(33-25)22-6-3-5-20(30)17-22)19-9-11-21(12-10-19)34-13-15-35(16-14-34)28(37)27-23(31)7-4-8-24(27)32/h3-12,17-18H,2,13-16H2,1H3. The van der Waals surface area contributed by atoms with Crippen molar-refractivity contribution in [3.63, 3.8) is 0 Å². The number of amides is 1. The van der Waals surface area contributed by atoms with Crippen molar-refractivity contribution in [2.75, 3.05) is 37.7 Å². The van der Waals surface area contributed by atoms with Crippen molar-refractivity contribution in [1.29, 1.82) is 0 Å². The number of esters is 1. The summed E-state index contributed by atoms with van der Waals surface area (Å²) >= 11 is 0. The Bertz CT molecular complexity index is 1490. The van der Waals surface area contributed by atoms with Crippen LogP contribution in [-0.2, 0) is 4.74 Å². The normalized spacial score (nSPS) is 13.4. The minimum atomic E-state index is -0.874. The number of ether oxygens (including phenoxy) is 1. The number of aromatic nitrogens is 2. The SMILES string of the molecule is CCOC(=O)c1cc(-c2ccc(N3CCN(C(=O)c4c(F)cccc4F)CC3)cc2)n(-c2cccc(F)c2)n1. The molecule has 1 aliphatic rings. The zero-order chi connectivity index (χ0) is 27.5. The molecule has 0 bridgehead atoms. The third kappa shape index (κ3) is 5.36. The van der Waals surface area contributed by atoms with Crippen LogP contribution in [0.3, 0.4) is 0 Å². The molecule has 1 aromatic heterocycles. The van der Waals surface area contributed by atoms with Crippen LogP contribution >= 0.6 is 0 Å². The molecule has 1 amide bonds. The van der Waals surface area contributed by atoms with Gasteiger partial charge in [0.25, 0.3) is 5.91 Å². The first-order chi connectivity index (χ1) is 18.9. The van der Waals surface area contributed by atoms with Crippen LogP contribution < -0.4 is 4.90 Å². The van der Waals surface area contributed by atoms with Gasteiger partial charge in [-0.25, -0.2) is 22.6 Å². The van der Waals surface area contributed by atoms with E-state index in [0.717, 1.165) is 23.4 Å². The van der Waals surface area contributed by atoms with Gasteiger partial charge in [-0.15, -0.1) is 0 Å². The van der Waals surface area contributed by atoms with Gasteiger partial charge in [0.1, 0.15) is 23.0 Å². The van der Waals surface area contributed by atoms with E-state index in [-0.39, 0.29) is 12.3 Å². The molecule has 0 radical (unpaired) electrons. The number of anilines is 1. The number of carbonyl (C=O) groups is 2. The highest BCUT2D eigenvalue weighted by molar-refractivity contribution is 5.95. The summed E-state index contributed by atoms with van der Waals surface area (Å²) in [6.45, 7) is 3.48. The van der Waals surface area contributed by atoms with E-state index in [2.05, 4.69) is 10.00 Å². The molecule has 7 nitrogen and oxygen atoms in total. The first kappa shape index (κ1) is 26.0. The number of piperazine rings is 1. The lowest BCUT2D eigenvalue weighted by molar-refractivity contribution is 0.0518. The number of hydrogen-bond donors (Lipinski definition) is 0. The van der Waals surface area contributed by atoms with E-state index in [0.29, 0.717) is 37.6 Å². The van der Waals surface area contributed by atoms with Crippen molar-refractivity contribution < 1.29 is 27.5 Å². The largest absolute Gasteiger partial charge is 0.461 e. The van der Waals surface area contributed by atoms with Crippen LogP contribution in [0.4, 0.5) is 18.9 Å². The lowest BCUT2D eigenvalue weighted by Gasteiger charge is -2.36. The number of benzene rings is 3. The molecule has 0 saturated carbocycles. The molecule has 0 spiro atoms. The molecule has 1 aliphatic heterocycles. The van der Waals surface area contributed by atoms with E-state index in [1.54, 1.807) is 25.1 Å². The van der Waals surface area contributed by atoms with E-state index in [1.807, 2.05) is 24.3 Å². The molecule has 0 aliphatic carbocycles. The van der Waals surface area contributed by atoms with Crippen molar-refractivity contribution in [2.45, 2.75) is 6.92 Å². The molecular formula is C29H25F3N4O3. The minimum absolute atomic E-state index is 0.104. The topological polar surface area (TPSA) is 67.7 Å². The third-order valence-corrected chi connectivity index (χ3v) is 6.52. The van der Waals surface area contributed by atoms with Crippen molar-refractivity contribution in [1.82, 2.24) is 14.7 Å². The van der Waals surface area contributed by atoms with Crippen LogP contribution in [-0.4, -0.2) is 59.3 Å². The Kier molecular flexibility index (Phi) is 7.36. The van der Waals surface area contributed by atoms with Gasteiger partial charge in [-0.1, -0.05) is 24.3 Å². The van der Waals surface area contributed by atoms with E-state index >= 15 is 0 Å². The highest BCUT2D eigenvalue weighted by Gasteiger charge is 2.27. The summed E-state index contributed by atoms with van der Waals surface area (Å²) in [6.07, 6.45) is 0. The number of halogens is 3. The quantitative estimate of drug-likeness (QED) is 0.322. The molecule has 3 aromatic carbocycles. The molecule has 10 heteroatoms. The Morgan fingerprint density at radius 1 is 0.846 bits per heavy atom. The smallest absolute Gasteiger partial charge is 0.358 e. The van der Waals surface area contributed by atoms with Crippen molar-refractivity contribution in [2.24, 2.45) is 0 Å². The van der Waals surface area contributed by atoms with Crippen LogP contribution in [0.2, 0.25) is 0 Å². The van der Waals surface area contributed by atoms with Crippen LogP contribution in [0.15, 0.2) is 72.8 Å². The fourth-order valence-electron chi connectivity index (χ4n) is 4.57. The van der Waals surface area contributed by atoms with Crippen LogP contribution in [0.5, 0.6) is 0 Å². The Hall–Kier alpha value is -4.60. The van der Waals surface area contributed by atoms with Crippen molar-refractivity contribution >= 4 is 17.6 Å². The number of hydrogen-bond acceptors (Lipinski definition) is 5. The van der Waals surface area contributed by atoms with Gasteiger partial charge in [-0.05, 0) is 55.5 Å². The van der Waals surface area contributed by atoms with Gasteiger partial charge in [0.2, 0.25) is 0 Å². The molecule has 4 aromatic rings. The summed E-state index contributed by atoms with van der Waals surface area (Å²) in [5.41, 5.74) is 2.24. The Balaban J connectivity index is 1.34. The number of carbonyl (C=O) groups excluding carboxylic acids is 2. The Labute approximate surface area is 223 Å². The maximum absolute atomic E-state index is 14.1. The van der Waals surface area contributed by atoms with Crippen LogP contribution in [0, 0.1) is 17.5 Å². The summed E-state index contributed by atoms with van der Waals surface area (Å²) in [4.78, 5) is 28.6. The lowest BCUT2D eigenvalue weighted by Crippen LogP contribution is -2.49. The van der Waals surface area contributed by atoms with Gasteiger partial charge < -0.3 is 14.5 Å². The molecule has 39 heavy (non-hydrogen) atoms. The Morgan fingerprint density at radius 2 is 1.51 bits per heavy atom. The summed E-state index contributed by atoms with van der Waals surface area (Å²) in [6, 6.07) is 18.4. The van der Waals surface area contributed by atoms with Crippen LogP contribution in [0.25, 0.3) is 16.9 Å². The second-order valence-electron chi connectivity index (χ2n) is 8.95. The summed E-state index contributed by atoms with van der Waals surface area (Å²) in [5, 5.41) is 4.37. The minimum Gasteiger partial charge on any atom is -0.461 e. The predicted molar refractivity (Wildman–Crippen MR) is 139 cm³/mol. The zero-order valence-corrected chi connectivity index (χ0v) is 21.1. The third-order valence-electron chi connectivity index (χ3n) is 6.52. The van der Waals surface area contributed by atoms with Crippen molar-refractivity contribution in [3.8, 4) is 16.9 Å². The molecule has 2 heterocycles. The van der Waals surface area contributed by atoms with E-state index in [1.165, 1.54) is 27.8 Å². The zero-order valence-electron chi connectivity index (χ0n) is 21.1. The molecule has 1 fully saturated rings. The van der Waals surface area contributed by atoms with Crippen LogP contribution in [0.1, 0.15) is 27.8 Å². The first-order valence-corrected chi connectivity index (χ1v) is 12.5. The van der Waals surface area contributed by atoms with Gasteiger partial charge in [0.15, 0.2) is 5.69 Å². The van der Waals surface area contributed by atoms with Gasteiger partial charge in [-0.2, -0.15) is 5.10 Å². The van der Waals surface area contributed by atoms with E-state index < -0.39 is 34.9 Å². The second kappa shape index (κ2) is 11.0. The molecular weight excluding hydrogens is 509 g/mol. The highest BCUT2D eigenvalue weighted by Crippen LogP contribution is 2.28. The second-order valence-corrected chi connectivity index (χ2v) is 8.95. The first-order valence-electron chi connectivity index (χ1n) is 12.5. The maximum Gasteiger partial charge on any atom is 0.358 e.